The smallest absolute Gasteiger partial charge is 0.331 e. The van der Waals surface area contributed by atoms with Crippen LogP contribution in [0.1, 0.15) is 22.9 Å². The van der Waals surface area contributed by atoms with Crippen LogP contribution in [0.5, 0.6) is 5.75 Å². The minimum atomic E-state index is -0.924. The van der Waals surface area contributed by atoms with Gasteiger partial charge >= 0.3 is 5.69 Å². The van der Waals surface area contributed by atoms with Gasteiger partial charge in [0.25, 0.3) is 11.2 Å². The first-order chi connectivity index (χ1) is 16.2. The molecule has 0 unspecified atom stereocenters. The molecule has 0 radical (unpaired) electrons. The molecule has 10 nitrogen and oxygen atoms in total. The summed E-state index contributed by atoms with van der Waals surface area (Å²) in [4.78, 5) is 37.1. The second kappa shape index (κ2) is 7.70. The standard InChI is InChI=1S/C24H22N4O6/c1-13-5-4-6-14(11-13)19-18-20(25(2)24(31)26(3)23(18)30)21-22(34-10-9-27(19)21)16-12-15(28(32)33)7-8-17(16)29/h4-8,11-12,22,29H,9-10H2,1-3H3/t22-/m0/s1. The second-order valence-corrected chi connectivity index (χ2v) is 8.44. The van der Waals surface area contributed by atoms with E-state index in [1.54, 1.807) is 7.05 Å². The quantitative estimate of drug-likeness (QED) is 0.369. The number of aromatic hydroxyl groups is 1. The fourth-order valence-electron chi connectivity index (χ4n) is 4.77. The van der Waals surface area contributed by atoms with Crippen LogP contribution >= 0.6 is 0 Å². The number of ether oxygens (including phenoxy) is 1. The molecule has 2 aromatic heterocycles. The van der Waals surface area contributed by atoms with E-state index in [4.69, 9.17) is 4.74 Å². The molecule has 174 valence electrons. The first-order valence-electron chi connectivity index (χ1n) is 10.7. The van der Waals surface area contributed by atoms with Crippen molar-refractivity contribution in [1.82, 2.24) is 13.7 Å². The van der Waals surface area contributed by atoms with Crippen LogP contribution in [0.4, 0.5) is 5.69 Å². The average Bonchev–Trinajstić information content (AvgIpc) is 3.17. The Balaban J connectivity index is 1.94. The normalized spacial score (nSPS) is 15.4. The predicted octanol–water partition coefficient (Wildman–Crippen LogP) is 2.75. The third-order valence-corrected chi connectivity index (χ3v) is 6.35. The van der Waals surface area contributed by atoms with E-state index in [2.05, 4.69) is 0 Å². The molecule has 5 rings (SSSR count). The Hall–Kier alpha value is -4.18. The molecule has 34 heavy (non-hydrogen) atoms. The molecule has 0 aliphatic carbocycles. The number of aryl methyl sites for hydroxylation is 2. The number of rotatable bonds is 3. The fourth-order valence-corrected chi connectivity index (χ4v) is 4.77. The number of phenols is 1. The molecule has 1 N–H and O–H groups in total. The van der Waals surface area contributed by atoms with Crippen molar-refractivity contribution in [2.75, 3.05) is 6.61 Å². The molecular weight excluding hydrogens is 440 g/mol. The summed E-state index contributed by atoms with van der Waals surface area (Å²) in [7, 11) is 3.01. The molecular formula is C24H22N4O6. The summed E-state index contributed by atoms with van der Waals surface area (Å²) in [6.07, 6.45) is -0.924. The third kappa shape index (κ3) is 3.06. The van der Waals surface area contributed by atoms with Crippen LogP contribution < -0.4 is 11.2 Å². The summed E-state index contributed by atoms with van der Waals surface area (Å²) >= 11 is 0. The maximum atomic E-state index is 13.4. The zero-order valence-electron chi connectivity index (χ0n) is 18.8. The summed E-state index contributed by atoms with van der Waals surface area (Å²) in [6.45, 7) is 2.59. The summed E-state index contributed by atoms with van der Waals surface area (Å²) < 4.78 is 10.4. The largest absolute Gasteiger partial charge is 0.508 e. The molecule has 0 saturated carbocycles. The third-order valence-electron chi connectivity index (χ3n) is 6.35. The van der Waals surface area contributed by atoms with Crippen molar-refractivity contribution in [2.45, 2.75) is 19.6 Å². The molecule has 3 heterocycles. The van der Waals surface area contributed by atoms with Gasteiger partial charge in [0, 0.05) is 38.3 Å². The molecule has 1 atom stereocenters. The lowest BCUT2D eigenvalue weighted by atomic mass is 10.0. The molecule has 10 heteroatoms. The Morgan fingerprint density at radius 2 is 1.88 bits per heavy atom. The van der Waals surface area contributed by atoms with E-state index in [1.807, 2.05) is 35.8 Å². The van der Waals surface area contributed by atoms with Gasteiger partial charge in [0.15, 0.2) is 0 Å². The Kier molecular flexibility index (Phi) is 4.90. The monoisotopic (exact) mass is 462 g/mol. The van der Waals surface area contributed by atoms with Gasteiger partial charge in [0.2, 0.25) is 0 Å². The molecule has 0 bridgehead atoms. The lowest BCUT2D eigenvalue weighted by Gasteiger charge is -2.28. The lowest BCUT2D eigenvalue weighted by Crippen LogP contribution is -2.37. The summed E-state index contributed by atoms with van der Waals surface area (Å²) in [5.41, 5.74) is 2.35. The van der Waals surface area contributed by atoms with Crippen LogP contribution in [0.3, 0.4) is 0 Å². The van der Waals surface area contributed by atoms with Crippen molar-refractivity contribution >= 4 is 16.6 Å². The number of fused-ring (bicyclic) bond motifs is 3. The van der Waals surface area contributed by atoms with Gasteiger partial charge in [-0.05, 0) is 24.6 Å². The average molecular weight is 462 g/mol. The highest BCUT2D eigenvalue weighted by Gasteiger charge is 2.34. The highest BCUT2D eigenvalue weighted by Crippen LogP contribution is 2.43. The Morgan fingerprint density at radius 3 is 2.59 bits per heavy atom. The molecule has 0 fully saturated rings. The zero-order valence-corrected chi connectivity index (χ0v) is 18.8. The first-order valence-corrected chi connectivity index (χ1v) is 10.7. The van der Waals surface area contributed by atoms with Crippen LogP contribution in [0.2, 0.25) is 0 Å². The number of nitrogens with zero attached hydrogens (tertiary/aromatic N) is 4. The number of nitro groups is 1. The minimum Gasteiger partial charge on any atom is -0.508 e. The van der Waals surface area contributed by atoms with Gasteiger partial charge in [-0.1, -0.05) is 23.8 Å². The van der Waals surface area contributed by atoms with E-state index < -0.39 is 22.3 Å². The summed E-state index contributed by atoms with van der Waals surface area (Å²) in [5, 5.41) is 22.4. The number of hydrogen-bond acceptors (Lipinski definition) is 6. The van der Waals surface area contributed by atoms with E-state index >= 15 is 0 Å². The number of phenolic OH excluding ortho intramolecular Hbond substituents is 1. The van der Waals surface area contributed by atoms with Crippen LogP contribution in [0, 0.1) is 17.0 Å². The fraction of sp³-hybridized carbons (Fsp3) is 0.250. The van der Waals surface area contributed by atoms with Crippen LogP contribution in [0.25, 0.3) is 22.2 Å². The number of benzene rings is 2. The van der Waals surface area contributed by atoms with E-state index in [1.165, 1.54) is 29.8 Å². The maximum absolute atomic E-state index is 13.4. The van der Waals surface area contributed by atoms with Crippen molar-refractivity contribution in [1.29, 1.82) is 0 Å². The van der Waals surface area contributed by atoms with Crippen molar-refractivity contribution in [2.24, 2.45) is 14.1 Å². The molecule has 2 aromatic carbocycles. The van der Waals surface area contributed by atoms with Gasteiger partial charge < -0.3 is 14.4 Å². The highest BCUT2D eigenvalue weighted by molar-refractivity contribution is 5.96. The number of hydrogen-bond donors (Lipinski definition) is 1. The van der Waals surface area contributed by atoms with Crippen LogP contribution in [0.15, 0.2) is 52.1 Å². The summed E-state index contributed by atoms with van der Waals surface area (Å²) in [5.74, 6) is -0.177. The van der Waals surface area contributed by atoms with E-state index in [0.717, 1.165) is 15.7 Å². The minimum absolute atomic E-state index is 0.177. The van der Waals surface area contributed by atoms with Gasteiger partial charge in [-0.25, -0.2) is 4.79 Å². The molecule has 1 aliphatic heterocycles. The van der Waals surface area contributed by atoms with Crippen molar-refractivity contribution in [3.8, 4) is 17.0 Å². The Morgan fingerprint density at radius 1 is 1.12 bits per heavy atom. The highest BCUT2D eigenvalue weighted by atomic mass is 16.6. The van der Waals surface area contributed by atoms with Crippen molar-refractivity contribution in [3.05, 3.63) is 90.2 Å². The molecule has 0 saturated heterocycles. The van der Waals surface area contributed by atoms with Crippen molar-refractivity contribution < 1.29 is 14.8 Å². The Bertz CT molecular complexity index is 1610. The number of aromatic nitrogens is 3. The van der Waals surface area contributed by atoms with Gasteiger partial charge in [0.1, 0.15) is 11.9 Å². The number of non-ortho nitro benzene ring substituents is 1. The Labute approximate surface area is 193 Å². The van der Waals surface area contributed by atoms with Crippen LogP contribution in [-0.4, -0.2) is 30.3 Å². The molecule has 4 aromatic rings. The second-order valence-electron chi connectivity index (χ2n) is 8.44. The van der Waals surface area contributed by atoms with Crippen LogP contribution in [-0.2, 0) is 25.4 Å². The van der Waals surface area contributed by atoms with E-state index in [0.29, 0.717) is 28.8 Å². The zero-order chi connectivity index (χ0) is 24.3. The lowest BCUT2D eigenvalue weighted by molar-refractivity contribution is -0.385. The molecule has 1 aliphatic rings. The predicted molar refractivity (Wildman–Crippen MR) is 125 cm³/mol. The molecule has 0 amide bonds. The van der Waals surface area contributed by atoms with E-state index in [-0.39, 0.29) is 23.6 Å². The van der Waals surface area contributed by atoms with Crippen molar-refractivity contribution in [3.63, 3.8) is 0 Å². The topological polar surface area (TPSA) is 122 Å². The summed E-state index contributed by atoms with van der Waals surface area (Å²) in [6, 6.07) is 11.4. The maximum Gasteiger partial charge on any atom is 0.331 e. The van der Waals surface area contributed by atoms with Gasteiger partial charge in [-0.3, -0.25) is 24.0 Å². The van der Waals surface area contributed by atoms with E-state index in [9.17, 15) is 24.8 Å². The SMILES string of the molecule is Cc1cccc(-c2c3c(=O)n(C)c(=O)n(C)c3c3n2CCO[C@H]3c2cc([N+](=O)[O-])ccc2O)c1. The van der Waals surface area contributed by atoms with Gasteiger partial charge in [-0.2, -0.15) is 0 Å². The molecule has 0 spiro atoms. The number of nitro benzene ring substituents is 1. The van der Waals surface area contributed by atoms with Gasteiger partial charge in [0.05, 0.1) is 33.8 Å². The first kappa shape index (κ1) is 21.7. The van der Waals surface area contributed by atoms with Gasteiger partial charge in [-0.15, -0.1) is 0 Å².